The molecule has 37 heavy (non-hydrogen) atoms. The number of hydrogen-bond donors (Lipinski definition) is 0. The predicted octanol–water partition coefficient (Wildman–Crippen LogP) is 13.0. The van der Waals surface area contributed by atoms with Crippen molar-refractivity contribution in [1.82, 2.24) is 0 Å². The average molecular weight is 513 g/mol. The summed E-state index contributed by atoms with van der Waals surface area (Å²) in [4.78, 5) is 0. The molecule has 0 aliphatic carbocycles. The fourth-order valence-electron chi connectivity index (χ4n) is 6.23. The molecule has 0 aliphatic heterocycles. The number of hydrogen-bond acceptors (Lipinski definition) is 0. The Bertz CT molecular complexity index is 571. The van der Waals surface area contributed by atoms with Gasteiger partial charge < -0.3 is 0 Å². The maximum absolute atomic E-state index is 2.46. The zero-order valence-corrected chi connectivity index (χ0v) is 26.3. The lowest BCUT2D eigenvalue weighted by atomic mass is 9.79. The topological polar surface area (TPSA) is 0 Å². The van der Waals surface area contributed by atoms with Gasteiger partial charge in [0.05, 0.1) is 0 Å². The molecule has 0 saturated carbocycles. The van der Waals surface area contributed by atoms with Gasteiger partial charge in [-0.15, -0.1) is 0 Å². The molecule has 216 valence electrons. The minimum absolute atomic E-state index is 0.879. The average Bonchev–Trinajstić information content (AvgIpc) is 2.88. The molecule has 0 heterocycles. The van der Waals surface area contributed by atoms with Gasteiger partial charge in [-0.3, -0.25) is 0 Å². The molecular weight excluding hydrogens is 444 g/mol. The van der Waals surface area contributed by atoms with E-state index < -0.39 is 0 Å². The van der Waals surface area contributed by atoms with Gasteiger partial charge in [0.1, 0.15) is 0 Å². The van der Waals surface area contributed by atoms with Gasteiger partial charge in [-0.1, -0.05) is 193 Å². The molecule has 1 aromatic carbocycles. The van der Waals surface area contributed by atoms with E-state index in [1.165, 1.54) is 141 Å². The van der Waals surface area contributed by atoms with Crippen LogP contribution in [0.15, 0.2) is 30.3 Å². The van der Waals surface area contributed by atoms with Crippen LogP contribution < -0.4 is 0 Å². The van der Waals surface area contributed by atoms with Crippen molar-refractivity contribution in [2.24, 2.45) is 23.7 Å². The Morgan fingerprint density at radius 3 is 1.16 bits per heavy atom. The minimum Gasteiger partial charge on any atom is -0.0651 e. The van der Waals surface area contributed by atoms with Crippen LogP contribution in [-0.2, 0) is 6.42 Å². The van der Waals surface area contributed by atoms with Crippen molar-refractivity contribution in [3.63, 3.8) is 0 Å². The van der Waals surface area contributed by atoms with E-state index in [1.54, 1.807) is 5.56 Å². The molecule has 2 unspecified atom stereocenters. The second-order valence-corrected chi connectivity index (χ2v) is 13.2. The third kappa shape index (κ3) is 20.8. The van der Waals surface area contributed by atoms with E-state index in [0.717, 1.165) is 23.7 Å². The van der Waals surface area contributed by atoms with Crippen molar-refractivity contribution >= 4 is 0 Å². The summed E-state index contributed by atoms with van der Waals surface area (Å²) >= 11 is 0. The minimum atomic E-state index is 0.879. The fraction of sp³-hybridized carbons (Fsp3) is 0.838. The third-order valence-electron chi connectivity index (χ3n) is 8.74. The van der Waals surface area contributed by atoms with Crippen molar-refractivity contribution in [3.05, 3.63) is 35.9 Å². The maximum Gasteiger partial charge on any atom is -0.0248 e. The van der Waals surface area contributed by atoms with Crippen LogP contribution in [0.1, 0.15) is 175 Å². The number of benzene rings is 1. The molecule has 0 bridgehead atoms. The lowest BCUT2D eigenvalue weighted by molar-refractivity contribution is 0.268. The van der Waals surface area contributed by atoms with E-state index in [-0.39, 0.29) is 0 Å². The highest BCUT2D eigenvalue weighted by Crippen LogP contribution is 2.31. The summed E-state index contributed by atoms with van der Waals surface area (Å²) in [7, 11) is 0. The second-order valence-electron chi connectivity index (χ2n) is 13.2. The molecular formula is C37H68. The van der Waals surface area contributed by atoms with Crippen molar-refractivity contribution in [2.75, 3.05) is 0 Å². The van der Waals surface area contributed by atoms with Crippen LogP contribution in [0.25, 0.3) is 0 Å². The summed E-state index contributed by atoms with van der Waals surface area (Å²) in [6.07, 6.45) is 31.7. The maximum atomic E-state index is 2.46. The lowest BCUT2D eigenvalue weighted by Crippen LogP contribution is -2.17. The highest BCUT2D eigenvalue weighted by molar-refractivity contribution is 5.15. The van der Waals surface area contributed by atoms with Crippen molar-refractivity contribution in [2.45, 2.75) is 176 Å². The van der Waals surface area contributed by atoms with E-state index in [0.29, 0.717) is 0 Å². The third-order valence-corrected chi connectivity index (χ3v) is 8.74. The van der Waals surface area contributed by atoms with Crippen LogP contribution in [0.4, 0.5) is 0 Å². The van der Waals surface area contributed by atoms with Crippen LogP contribution in [0.3, 0.4) is 0 Å². The molecule has 0 fully saturated rings. The summed E-state index contributed by atoms with van der Waals surface area (Å²) < 4.78 is 0. The Morgan fingerprint density at radius 2 is 0.784 bits per heavy atom. The quantitative estimate of drug-likeness (QED) is 0.108. The van der Waals surface area contributed by atoms with Crippen LogP contribution in [0, 0.1) is 23.7 Å². The molecule has 2 atom stereocenters. The van der Waals surface area contributed by atoms with Gasteiger partial charge in [0.2, 0.25) is 0 Å². The molecule has 0 aromatic heterocycles. The Hall–Kier alpha value is -0.780. The Balaban J connectivity index is 2.26. The molecule has 1 aromatic rings. The van der Waals surface area contributed by atoms with Crippen LogP contribution in [0.5, 0.6) is 0 Å². The fourth-order valence-corrected chi connectivity index (χ4v) is 6.23. The molecule has 0 saturated heterocycles. The van der Waals surface area contributed by atoms with Crippen molar-refractivity contribution in [3.8, 4) is 0 Å². The molecule has 0 N–H and O–H groups in total. The van der Waals surface area contributed by atoms with E-state index >= 15 is 0 Å². The first-order valence-corrected chi connectivity index (χ1v) is 17.1. The largest absolute Gasteiger partial charge is 0.0651 e. The van der Waals surface area contributed by atoms with Crippen LogP contribution in [-0.4, -0.2) is 0 Å². The molecule has 0 spiro atoms. The molecule has 0 amide bonds. The summed E-state index contributed by atoms with van der Waals surface area (Å²) in [5.41, 5.74) is 1.56. The first-order valence-electron chi connectivity index (χ1n) is 17.1. The van der Waals surface area contributed by atoms with Gasteiger partial charge in [0.25, 0.3) is 0 Å². The summed E-state index contributed by atoms with van der Waals surface area (Å²) in [5, 5.41) is 0. The lowest BCUT2D eigenvalue weighted by Gasteiger charge is -2.27. The normalized spacial score (nSPS) is 13.5. The smallest absolute Gasteiger partial charge is 0.0248 e. The first kappa shape index (κ1) is 34.2. The van der Waals surface area contributed by atoms with E-state index in [4.69, 9.17) is 0 Å². The molecule has 1 rings (SSSR count). The summed E-state index contributed by atoms with van der Waals surface area (Å²) in [6, 6.07) is 11.4. The predicted molar refractivity (Wildman–Crippen MR) is 169 cm³/mol. The second kappa shape index (κ2) is 24.3. The van der Waals surface area contributed by atoms with Gasteiger partial charge in [0, 0.05) is 0 Å². The Labute approximate surface area is 235 Å². The van der Waals surface area contributed by atoms with Gasteiger partial charge in [-0.25, -0.2) is 0 Å². The van der Waals surface area contributed by atoms with Gasteiger partial charge >= 0.3 is 0 Å². The van der Waals surface area contributed by atoms with E-state index in [1.807, 2.05) is 0 Å². The van der Waals surface area contributed by atoms with Crippen LogP contribution >= 0.6 is 0 Å². The standard InChI is InChI=1S/C37H68/c1-6-36(30-24-17-13-9-7-11-15-20-26-33(2)3)37(32-35-28-22-19-23-29-35)31-25-18-14-10-8-12-16-21-27-34(4)5/h19,22-23,28-29,33-34,36-37H,6-18,20-21,24-27,30-32H2,1-5H3. The zero-order valence-electron chi connectivity index (χ0n) is 26.3. The van der Waals surface area contributed by atoms with E-state index in [2.05, 4.69) is 65.0 Å². The molecule has 0 nitrogen and oxygen atoms in total. The highest BCUT2D eigenvalue weighted by Gasteiger charge is 2.20. The molecule has 0 heteroatoms. The van der Waals surface area contributed by atoms with Gasteiger partial charge in [-0.05, 0) is 42.1 Å². The van der Waals surface area contributed by atoms with Gasteiger partial charge in [0.15, 0.2) is 0 Å². The molecule has 0 aliphatic rings. The zero-order chi connectivity index (χ0) is 27.0. The Kier molecular flexibility index (Phi) is 22.5. The SMILES string of the molecule is CCC(CCCCCCCCCCC(C)C)C(CCCCCCCCCCC(C)C)Cc1ccccc1. The van der Waals surface area contributed by atoms with E-state index in [9.17, 15) is 0 Å². The summed E-state index contributed by atoms with van der Waals surface area (Å²) in [5.74, 6) is 3.55. The van der Waals surface area contributed by atoms with Crippen LogP contribution in [0.2, 0.25) is 0 Å². The Morgan fingerprint density at radius 1 is 0.432 bits per heavy atom. The number of rotatable bonds is 26. The molecule has 0 radical (unpaired) electrons. The highest BCUT2D eigenvalue weighted by atomic mass is 14.2. The first-order chi connectivity index (χ1) is 18.0. The number of unbranched alkanes of at least 4 members (excludes halogenated alkanes) is 14. The monoisotopic (exact) mass is 513 g/mol. The van der Waals surface area contributed by atoms with Crippen molar-refractivity contribution in [1.29, 1.82) is 0 Å². The van der Waals surface area contributed by atoms with Crippen molar-refractivity contribution < 1.29 is 0 Å². The summed E-state index contributed by atoms with van der Waals surface area (Å²) in [6.45, 7) is 11.9. The van der Waals surface area contributed by atoms with Gasteiger partial charge in [-0.2, -0.15) is 0 Å².